The molecule has 1 aliphatic heterocycles. The van der Waals surface area contributed by atoms with E-state index in [-0.39, 0.29) is 0 Å². The van der Waals surface area contributed by atoms with E-state index >= 15 is 0 Å². The molecule has 0 unspecified atom stereocenters. The number of para-hydroxylation sites is 3. The van der Waals surface area contributed by atoms with Crippen LogP contribution in [-0.4, -0.2) is 31.1 Å². The monoisotopic (exact) mass is 351 g/mol. The van der Waals surface area contributed by atoms with E-state index < -0.39 is 0 Å². The van der Waals surface area contributed by atoms with Crippen LogP contribution in [0.5, 0.6) is 5.75 Å². The van der Waals surface area contributed by atoms with Gasteiger partial charge >= 0.3 is 0 Å². The summed E-state index contributed by atoms with van der Waals surface area (Å²) >= 11 is 0. The van der Waals surface area contributed by atoms with Gasteiger partial charge in [0.05, 0.1) is 20.2 Å². The zero-order valence-corrected chi connectivity index (χ0v) is 16.7. The number of rotatable bonds is 5. The Bertz CT molecular complexity index is 766. The van der Waals surface area contributed by atoms with Gasteiger partial charge in [-0.15, -0.1) is 0 Å². The summed E-state index contributed by atoms with van der Waals surface area (Å²) in [7, 11) is 1.74. The van der Waals surface area contributed by atoms with Crippen LogP contribution < -0.4 is 9.64 Å². The number of anilines is 1. The van der Waals surface area contributed by atoms with E-state index in [4.69, 9.17) is 4.74 Å². The Morgan fingerprint density at radius 3 is 2.19 bits per heavy atom. The van der Waals surface area contributed by atoms with Crippen LogP contribution in [0.15, 0.2) is 42.5 Å². The van der Waals surface area contributed by atoms with Crippen molar-refractivity contribution in [3.8, 4) is 5.75 Å². The second kappa shape index (κ2) is 7.94. The largest absolute Gasteiger partial charge is 0.492 e. The Morgan fingerprint density at radius 1 is 0.923 bits per heavy atom. The van der Waals surface area contributed by atoms with Gasteiger partial charge in [0.25, 0.3) is 0 Å². The van der Waals surface area contributed by atoms with Crippen molar-refractivity contribution in [2.45, 2.75) is 46.0 Å². The van der Waals surface area contributed by atoms with Gasteiger partial charge in [0.1, 0.15) is 5.69 Å². The fourth-order valence-electron chi connectivity index (χ4n) is 3.76. The standard InChI is InChI=1S/C23H31N2O/c1-17(2)19-10-8-11-20(18(3)4)23(19)25-15-9-14-24(16-25)21-12-6-7-13-22(21)26-5/h6-8,10-13,16-18H,9,14-15H2,1-5H3/q+1. The summed E-state index contributed by atoms with van der Waals surface area (Å²) in [5, 5.41) is 0. The van der Waals surface area contributed by atoms with Gasteiger partial charge in [-0.25, -0.2) is 9.48 Å². The lowest BCUT2D eigenvalue weighted by Crippen LogP contribution is -2.35. The SMILES string of the molecule is COc1ccccc1N1C=[N+](c2c(C(C)C)cccc2C(C)C)CCC1. The lowest BCUT2D eigenvalue weighted by molar-refractivity contribution is -0.441. The second-order valence-electron chi connectivity index (χ2n) is 7.62. The molecule has 0 saturated heterocycles. The van der Waals surface area contributed by atoms with Crippen molar-refractivity contribution in [1.29, 1.82) is 0 Å². The molecule has 0 N–H and O–H groups in total. The Labute approximate surface area is 157 Å². The summed E-state index contributed by atoms with van der Waals surface area (Å²) in [6.45, 7) is 11.2. The van der Waals surface area contributed by atoms with E-state index in [1.165, 1.54) is 16.8 Å². The maximum Gasteiger partial charge on any atom is 0.244 e. The van der Waals surface area contributed by atoms with Crippen LogP contribution in [0.2, 0.25) is 0 Å². The number of ether oxygens (including phenoxy) is 1. The average Bonchev–Trinajstić information content (AvgIpc) is 2.67. The van der Waals surface area contributed by atoms with E-state index in [2.05, 4.69) is 73.8 Å². The molecular formula is C23H31N2O+. The lowest BCUT2D eigenvalue weighted by Gasteiger charge is -2.25. The molecule has 3 heteroatoms. The summed E-state index contributed by atoms with van der Waals surface area (Å²) in [6.07, 6.45) is 3.40. The molecule has 2 aromatic rings. The maximum atomic E-state index is 5.58. The van der Waals surface area contributed by atoms with Gasteiger partial charge in [0, 0.05) is 17.5 Å². The molecule has 138 valence electrons. The molecule has 0 spiro atoms. The van der Waals surface area contributed by atoms with E-state index in [0.717, 1.165) is 30.9 Å². The van der Waals surface area contributed by atoms with Crippen molar-refractivity contribution in [1.82, 2.24) is 0 Å². The molecule has 0 amide bonds. The van der Waals surface area contributed by atoms with Crippen molar-refractivity contribution < 1.29 is 9.31 Å². The molecular weight excluding hydrogens is 320 g/mol. The van der Waals surface area contributed by atoms with E-state index in [1.807, 2.05) is 12.1 Å². The number of benzene rings is 2. The molecule has 3 nitrogen and oxygen atoms in total. The normalized spacial score (nSPS) is 14.7. The zero-order valence-electron chi connectivity index (χ0n) is 16.7. The van der Waals surface area contributed by atoms with Crippen LogP contribution >= 0.6 is 0 Å². The Hall–Kier alpha value is -2.29. The minimum Gasteiger partial charge on any atom is -0.492 e. The van der Waals surface area contributed by atoms with E-state index in [1.54, 1.807) is 7.11 Å². The predicted octanol–water partition coefficient (Wildman–Crippen LogP) is 5.52. The first-order valence-electron chi connectivity index (χ1n) is 9.67. The number of nitrogens with zero attached hydrogens (tertiary/aromatic N) is 2. The van der Waals surface area contributed by atoms with Gasteiger partial charge in [-0.2, -0.15) is 0 Å². The summed E-state index contributed by atoms with van der Waals surface area (Å²) in [5.74, 6) is 1.92. The van der Waals surface area contributed by atoms with Gasteiger partial charge in [-0.3, -0.25) is 0 Å². The van der Waals surface area contributed by atoms with Crippen molar-refractivity contribution >= 4 is 17.7 Å². The summed E-state index contributed by atoms with van der Waals surface area (Å²) in [4.78, 5) is 2.32. The molecule has 0 radical (unpaired) electrons. The van der Waals surface area contributed by atoms with Crippen LogP contribution in [0.1, 0.15) is 57.1 Å². The molecule has 0 atom stereocenters. The Balaban J connectivity index is 2.11. The summed E-state index contributed by atoms with van der Waals surface area (Å²) in [5.41, 5.74) is 5.37. The predicted molar refractivity (Wildman–Crippen MR) is 110 cm³/mol. The minimum absolute atomic E-state index is 0.499. The highest BCUT2D eigenvalue weighted by atomic mass is 16.5. The van der Waals surface area contributed by atoms with Gasteiger partial charge in [0.15, 0.2) is 11.4 Å². The molecule has 0 saturated carbocycles. The van der Waals surface area contributed by atoms with Crippen molar-refractivity contribution in [2.75, 3.05) is 25.1 Å². The molecule has 0 fully saturated rings. The van der Waals surface area contributed by atoms with Crippen LogP contribution in [0.3, 0.4) is 0 Å². The first kappa shape index (κ1) is 18.5. The van der Waals surface area contributed by atoms with Gasteiger partial charge in [-0.1, -0.05) is 58.0 Å². The van der Waals surface area contributed by atoms with Gasteiger partial charge < -0.3 is 4.74 Å². The molecule has 0 aromatic heterocycles. The lowest BCUT2D eigenvalue weighted by atomic mass is 9.92. The molecule has 0 aliphatic carbocycles. The third kappa shape index (κ3) is 3.62. The average molecular weight is 352 g/mol. The molecule has 3 rings (SSSR count). The first-order chi connectivity index (χ1) is 12.5. The van der Waals surface area contributed by atoms with Crippen molar-refractivity contribution in [3.63, 3.8) is 0 Å². The quantitative estimate of drug-likeness (QED) is 0.659. The van der Waals surface area contributed by atoms with E-state index in [9.17, 15) is 0 Å². The number of hydrogen-bond acceptors (Lipinski definition) is 2. The highest BCUT2D eigenvalue weighted by molar-refractivity contribution is 5.80. The Morgan fingerprint density at radius 2 is 1.58 bits per heavy atom. The highest BCUT2D eigenvalue weighted by Crippen LogP contribution is 2.36. The number of hydrogen-bond donors (Lipinski definition) is 0. The molecule has 2 aromatic carbocycles. The van der Waals surface area contributed by atoms with Crippen LogP contribution in [0.4, 0.5) is 11.4 Å². The van der Waals surface area contributed by atoms with Crippen molar-refractivity contribution in [3.05, 3.63) is 53.6 Å². The van der Waals surface area contributed by atoms with Gasteiger partial charge in [-0.05, 0) is 24.0 Å². The maximum absolute atomic E-state index is 5.58. The van der Waals surface area contributed by atoms with E-state index in [0.29, 0.717) is 11.8 Å². The fraction of sp³-hybridized carbons (Fsp3) is 0.435. The van der Waals surface area contributed by atoms with Gasteiger partial charge in [0.2, 0.25) is 6.34 Å². The molecule has 0 bridgehead atoms. The van der Waals surface area contributed by atoms with Crippen LogP contribution in [-0.2, 0) is 0 Å². The van der Waals surface area contributed by atoms with Crippen molar-refractivity contribution in [2.24, 2.45) is 0 Å². The van der Waals surface area contributed by atoms with Crippen LogP contribution in [0, 0.1) is 0 Å². The third-order valence-corrected chi connectivity index (χ3v) is 5.10. The zero-order chi connectivity index (χ0) is 18.7. The second-order valence-corrected chi connectivity index (χ2v) is 7.62. The highest BCUT2D eigenvalue weighted by Gasteiger charge is 2.26. The topological polar surface area (TPSA) is 15.5 Å². The summed E-state index contributed by atoms with van der Waals surface area (Å²) < 4.78 is 8.03. The molecule has 1 aliphatic rings. The molecule has 1 heterocycles. The fourth-order valence-corrected chi connectivity index (χ4v) is 3.76. The first-order valence-corrected chi connectivity index (χ1v) is 9.67. The third-order valence-electron chi connectivity index (χ3n) is 5.10. The minimum atomic E-state index is 0.499. The van der Waals surface area contributed by atoms with Crippen LogP contribution in [0.25, 0.3) is 0 Å². The smallest absolute Gasteiger partial charge is 0.244 e. The summed E-state index contributed by atoms with van der Waals surface area (Å²) in [6, 6.07) is 15.0. The molecule has 26 heavy (non-hydrogen) atoms. The number of methoxy groups -OCH3 is 1. The Kier molecular flexibility index (Phi) is 5.65.